The zero-order valence-corrected chi connectivity index (χ0v) is 11.7. The highest BCUT2D eigenvalue weighted by molar-refractivity contribution is 5.72. The van der Waals surface area contributed by atoms with Crippen LogP contribution >= 0.6 is 0 Å². The van der Waals surface area contributed by atoms with Crippen LogP contribution in [0.15, 0.2) is 60.7 Å². The molecular weight excluding hydrogens is 288 g/mol. The number of benzene rings is 2. The number of aliphatic carboxylic acids is 1. The van der Waals surface area contributed by atoms with Crippen molar-refractivity contribution in [1.29, 1.82) is 0 Å². The summed E-state index contributed by atoms with van der Waals surface area (Å²) < 4.78 is 0. The van der Waals surface area contributed by atoms with Gasteiger partial charge in [0.15, 0.2) is 0 Å². The molecule has 0 aliphatic carbocycles. The van der Waals surface area contributed by atoms with Gasteiger partial charge in [0.2, 0.25) is 6.10 Å². The number of aliphatic hydroxyl groups excluding tert-OH is 2. The van der Waals surface area contributed by atoms with Crippen molar-refractivity contribution in [3.63, 3.8) is 0 Å². The van der Waals surface area contributed by atoms with Crippen molar-refractivity contribution >= 4 is 5.97 Å². The van der Waals surface area contributed by atoms with Crippen LogP contribution in [-0.4, -0.2) is 45.4 Å². The molecule has 0 spiro atoms. The van der Waals surface area contributed by atoms with E-state index in [1.54, 1.807) is 0 Å². The fourth-order valence-electron chi connectivity index (χ4n) is 1.64. The first-order valence-corrected chi connectivity index (χ1v) is 6.52. The minimum atomic E-state index is -1.79. The molecule has 2 aromatic rings. The Kier molecular flexibility index (Phi) is 7.80. The van der Waals surface area contributed by atoms with Gasteiger partial charge in [-0.05, 0) is 11.1 Å². The summed E-state index contributed by atoms with van der Waals surface area (Å²) in [6.45, 7) is -0.780. The highest BCUT2D eigenvalue weighted by Gasteiger charge is 2.26. The molecule has 2 unspecified atom stereocenters. The van der Waals surface area contributed by atoms with E-state index < -0.39 is 24.8 Å². The quantitative estimate of drug-likeness (QED) is 0.494. The predicted molar refractivity (Wildman–Crippen MR) is 80.1 cm³/mol. The molecule has 0 fully saturated rings. The summed E-state index contributed by atoms with van der Waals surface area (Å²) in [7, 11) is 0. The molecule has 0 aliphatic heterocycles. The van der Waals surface area contributed by atoms with Crippen molar-refractivity contribution < 1.29 is 30.3 Å². The fraction of sp³-hybridized carbons (Fsp3) is 0.188. The van der Waals surface area contributed by atoms with Crippen LogP contribution in [0.5, 0.6) is 0 Å². The first kappa shape index (κ1) is 17.8. The molecule has 0 amide bonds. The monoisotopic (exact) mass is 306 g/mol. The lowest BCUT2D eigenvalue weighted by atomic mass is 10.1. The van der Waals surface area contributed by atoms with Crippen LogP contribution in [0.2, 0.25) is 0 Å². The summed E-state index contributed by atoms with van der Waals surface area (Å²) in [5.41, 5.74) is 2.55. The van der Waals surface area contributed by atoms with Crippen molar-refractivity contribution in [3.8, 4) is 11.1 Å². The number of carboxylic acids is 1. The number of hydrogen-bond donors (Lipinski definition) is 4. The largest absolute Gasteiger partial charge is 0.479 e. The van der Waals surface area contributed by atoms with Gasteiger partial charge in [-0.15, -0.1) is 0 Å². The maximum atomic E-state index is 9.97. The Bertz CT molecular complexity index is 506. The van der Waals surface area contributed by atoms with Gasteiger partial charge in [0.1, 0.15) is 6.10 Å². The van der Waals surface area contributed by atoms with E-state index in [4.69, 9.17) is 20.6 Å². The molecule has 2 atom stereocenters. The van der Waals surface area contributed by atoms with Crippen molar-refractivity contribution in [1.82, 2.24) is 0 Å². The number of hydrogen-bond acceptors (Lipinski definition) is 5. The second-order valence-corrected chi connectivity index (χ2v) is 4.35. The molecular formula is C16H18O6. The van der Waals surface area contributed by atoms with E-state index in [0.29, 0.717) is 0 Å². The second-order valence-electron chi connectivity index (χ2n) is 4.35. The van der Waals surface area contributed by atoms with E-state index in [2.05, 4.69) is 53.4 Å². The Morgan fingerprint density at radius 3 is 1.59 bits per heavy atom. The summed E-state index contributed by atoms with van der Waals surface area (Å²) in [6, 6.07) is 20.8. The molecule has 0 saturated carbocycles. The molecule has 0 heterocycles. The average molecular weight is 306 g/mol. The molecule has 6 heteroatoms. The van der Waals surface area contributed by atoms with Crippen molar-refractivity contribution in [2.24, 2.45) is 0 Å². The smallest absolute Gasteiger partial charge is 0.339 e. The van der Waals surface area contributed by atoms with E-state index in [9.17, 15) is 4.79 Å². The summed E-state index contributed by atoms with van der Waals surface area (Å²) in [5.74, 6) is -1.54. The van der Waals surface area contributed by atoms with Gasteiger partial charge < -0.3 is 15.3 Å². The van der Waals surface area contributed by atoms with Crippen molar-refractivity contribution in [2.45, 2.75) is 12.2 Å². The summed E-state index contributed by atoms with van der Waals surface area (Å²) in [5, 5.41) is 32.7. The molecule has 0 bridgehead atoms. The SMILES string of the molecule is O=C(O)C(OO)C(O)CO.c1ccc(-c2ccccc2)cc1. The summed E-state index contributed by atoms with van der Waals surface area (Å²) >= 11 is 0. The lowest BCUT2D eigenvalue weighted by molar-refractivity contribution is -0.294. The van der Waals surface area contributed by atoms with E-state index >= 15 is 0 Å². The summed E-state index contributed by atoms with van der Waals surface area (Å²) in [6.07, 6.45) is -3.40. The van der Waals surface area contributed by atoms with Crippen LogP contribution < -0.4 is 0 Å². The number of carbonyl (C=O) groups is 1. The highest BCUT2D eigenvalue weighted by atomic mass is 17.1. The molecule has 6 nitrogen and oxygen atoms in total. The molecule has 4 N–H and O–H groups in total. The Labute approximate surface area is 127 Å². The summed E-state index contributed by atoms with van der Waals surface area (Å²) in [4.78, 5) is 13.3. The first-order valence-electron chi connectivity index (χ1n) is 6.52. The Balaban J connectivity index is 0.000000225. The van der Waals surface area contributed by atoms with E-state index in [-0.39, 0.29) is 0 Å². The minimum absolute atomic E-state index is 0.780. The number of aliphatic hydroxyl groups is 2. The van der Waals surface area contributed by atoms with Gasteiger partial charge in [0.25, 0.3) is 0 Å². The molecule has 0 aromatic heterocycles. The fourth-order valence-corrected chi connectivity index (χ4v) is 1.64. The van der Waals surface area contributed by atoms with Gasteiger partial charge in [-0.25, -0.2) is 9.68 Å². The Hall–Kier alpha value is -2.25. The van der Waals surface area contributed by atoms with Gasteiger partial charge in [-0.3, -0.25) is 5.26 Å². The molecule has 2 aromatic carbocycles. The number of rotatable bonds is 5. The van der Waals surface area contributed by atoms with Gasteiger partial charge in [-0.1, -0.05) is 60.7 Å². The molecule has 0 saturated heterocycles. The van der Waals surface area contributed by atoms with Crippen LogP contribution in [-0.2, 0) is 9.68 Å². The normalized spacial score (nSPS) is 12.7. The first-order chi connectivity index (χ1) is 10.6. The van der Waals surface area contributed by atoms with Gasteiger partial charge in [0, 0.05) is 0 Å². The lowest BCUT2D eigenvalue weighted by Gasteiger charge is -2.12. The average Bonchev–Trinajstić information content (AvgIpc) is 2.57. The van der Waals surface area contributed by atoms with Crippen LogP contribution in [0.25, 0.3) is 11.1 Å². The van der Waals surface area contributed by atoms with E-state index in [1.165, 1.54) is 11.1 Å². The molecule has 0 radical (unpaired) electrons. The molecule has 2 rings (SSSR count). The maximum absolute atomic E-state index is 9.97. The van der Waals surface area contributed by atoms with Crippen molar-refractivity contribution in [3.05, 3.63) is 60.7 Å². The second kappa shape index (κ2) is 9.64. The van der Waals surface area contributed by atoms with Gasteiger partial charge >= 0.3 is 5.97 Å². The predicted octanol–water partition coefficient (Wildman–Crippen LogP) is 1.64. The molecule has 118 valence electrons. The van der Waals surface area contributed by atoms with Gasteiger partial charge in [0.05, 0.1) is 6.61 Å². The standard InChI is InChI=1S/C12H10.C4H8O6/c1-3-7-11(8-4-1)12-9-5-2-6-10-12;5-1-2(6)3(10-9)4(7)8/h1-10H;2-3,5-6,9H,1H2,(H,7,8). The van der Waals surface area contributed by atoms with Gasteiger partial charge in [-0.2, -0.15) is 0 Å². The van der Waals surface area contributed by atoms with E-state index in [0.717, 1.165) is 0 Å². The van der Waals surface area contributed by atoms with Crippen LogP contribution in [0, 0.1) is 0 Å². The molecule has 0 aliphatic rings. The van der Waals surface area contributed by atoms with Crippen LogP contribution in [0.1, 0.15) is 0 Å². The highest BCUT2D eigenvalue weighted by Crippen LogP contribution is 2.17. The zero-order chi connectivity index (χ0) is 16.4. The van der Waals surface area contributed by atoms with Crippen LogP contribution in [0.3, 0.4) is 0 Å². The van der Waals surface area contributed by atoms with Crippen molar-refractivity contribution in [2.75, 3.05) is 6.61 Å². The van der Waals surface area contributed by atoms with E-state index in [1.807, 2.05) is 12.1 Å². The third-order valence-corrected chi connectivity index (χ3v) is 2.77. The minimum Gasteiger partial charge on any atom is -0.479 e. The maximum Gasteiger partial charge on any atom is 0.339 e. The third-order valence-electron chi connectivity index (χ3n) is 2.77. The Morgan fingerprint density at radius 1 is 0.955 bits per heavy atom. The zero-order valence-electron chi connectivity index (χ0n) is 11.7. The molecule has 22 heavy (non-hydrogen) atoms. The Morgan fingerprint density at radius 2 is 1.36 bits per heavy atom. The lowest BCUT2D eigenvalue weighted by Crippen LogP contribution is -2.38. The van der Waals surface area contributed by atoms with Crippen LogP contribution in [0.4, 0.5) is 0 Å². The number of carboxylic acid groups (broad SMARTS) is 1. The third kappa shape index (κ3) is 5.63. The topological polar surface area (TPSA) is 107 Å².